The quantitative estimate of drug-likeness (QED) is 0.818. The fourth-order valence-electron chi connectivity index (χ4n) is 2.02. The largest absolute Gasteiger partial charge is 0.399 e. The van der Waals surface area contributed by atoms with Gasteiger partial charge in [-0.15, -0.1) is 24.8 Å². The predicted molar refractivity (Wildman–Crippen MR) is 88.1 cm³/mol. The highest BCUT2D eigenvalue weighted by atomic mass is 35.5. The van der Waals surface area contributed by atoms with Crippen molar-refractivity contribution in [3.63, 3.8) is 0 Å². The van der Waals surface area contributed by atoms with Crippen LogP contribution in [0.15, 0.2) is 18.2 Å². The lowest BCUT2D eigenvalue weighted by molar-refractivity contribution is 0.0949. The number of nitrogens with two attached hydrogens (primary N) is 1. The fraction of sp³-hybridized carbons (Fsp3) is 0.500. The van der Waals surface area contributed by atoms with E-state index in [9.17, 15) is 4.79 Å². The van der Waals surface area contributed by atoms with E-state index in [0.717, 1.165) is 18.2 Å². The molecule has 0 saturated heterocycles. The molecule has 6 heteroatoms. The molecule has 1 aliphatic carbocycles. The van der Waals surface area contributed by atoms with Crippen molar-refractivity contribution in [3.8, 4) is 0 Å². The van der Waals surface area contributed by atoms with Gasteiger partial charge in [0.2, 0.25) is 0 Å². The summed E-state index contributed by atoms with van der Waals surface area (Å²) in [6.45, 7) is 3.50. The number of nitrogens with zero attached hydrogens (tertiary/aromatic N) is 1. The number of halogens is 2. The van der Waals surface area contributed by atoms with Gasteiger partial charge in [-0.3, -0.25) is 4.79 Å². The Morgan fingerprint density at radius 2 is 2.05 bits per heavy atom. The smallest absolute Gasteiger partial charge is 0.251 e. The van der Waals surface area contributed by atoms with Gasteiger partial charge in [0.1, 0.15) is 0 Å². The Hall–Kier alpha value is -0.970. The Labute approximate surface area is 132 Å². The van der Waals surface area contributed by atoms with Crippen LogP contribution in [0.1, 0.15) is 28.8 Å². The Balaban J connectivity index is 0.00000180. The molecule has 1 saturated carbocycles. The SMILES string of the molecule is Cc1ccc(N)cc1C(=O)NCCN(C)C1CC1.Cl.Cl. The molecule has 0 radical (unpaired) electrons. The standard InChI is InChI=1S/C14H21N3O.2ClH/c1-10-3-4-11(15)9-13(10)14(18)16-7-8-17(2)12-5-6-12;;/h3-4,9,12H,5-8,15H2,1-2H3,(H,16,18);2*1H. The molecule has 0 aliphatic heterocycles. The van der Waals surface area contributed by atoms with Crippen molar-refractivity contribution in [3.05, 3.63) is 29.3 Å². The van der Waals surface area contributed by atoms with Crippen LogP contribution in [-0.4, -0.2) is 37.0 Å². The summed E-state index contributed by atoms with van der Waals surface area (Å²) in [5.41, 5.74) is 7.95. The third kappa shape index (κ3) is 5.19. The maximum absolute atomic E-state index is 12.0. The molecule has 0 bridgehead atoms. The lowest BCUT2D eigenvalue weighted by Gasteiger charge is -2.16. The summed E-state index contributed by atoms with van der Waals surface area (Å²) in [4.78, 5) is 14.3. The van der Waals surface area contributed by atoms with E-state index in [1.165, 1.54) is 12.8 Å². The number of carbonyl (C=O) groups excluding carboxylic acids is 1. The molecule has 0 atom stereocenters. The van der Waals surface area contributed by atoms with Crippen molar-refractivity contribution in [1.29, 1.82) is 0 Å². The summed E-state index contributed by atoms with van der Waals surface area (Å²) in [6, 6.07) is 6.15. The number of aryl methyl sites for hydroxylation is 1. The molecule has 1 fully saturated rings. The highest BCUT2D eigenvalue weighted by molar-refractivity contribution is 5.96. The number of hydrogen-bond donors (Lipinski definition) is 2. The van der Waals surface area contributed by atoms with E-state index in [4.69, 9.17) is 5.73 Å². The fourth-order valence-corrected chi connectivity index (χ4v) is 2.02. The van der Waals surface area contributed by atoms with E-state index in [0.29, 0.717) is 17.8 Å². The van der Waals surface area contributed by atoms with Crippen LogP contribution in [0, 0.1) is 6.92 Å². The highest BCUT2D eigenvalue weighted by Gasteiger charge is 2.25. The topological polar surface area (TPSA) is 58.4 Å². The lowest BCUT2D eigenvalue weighted by Crippen LogP contribution is -2.34. The van der Waals surface area contributed by atoms with Crippen LogP contribution < -0.4 is 11.1 Å². The second-order valence-corrected chi connectivity index (χ2v) is 5.04. The third-order valence-electron chi connectivity index (χ3n) is 3.43. The van der Waals surface area contributed by atoms with Crippen LogP contribution in [0.2, 0.25) is 0 Å². The summed E-state index contributed by atoms with van der Waals surface area (Å²) in [7, 11) is 2.11. The van der Waals surface area contributed by atoms with E-state index < -0.39 is 0 Å². The summed E-state index contributed by atoms with van der Waals surface area (Å²) in [6.07, 6.45) is 2.58. The zero-order chi connectivity index (χ0) is 13.1. The van der Waals surface area contributed by atoms with Gasteiger partial charge in [0, 0.05) is 30.4 Å². The number of anilines is 1. The summed E-state index contributed by atoms with van der Waals surface area (Å²) >= 11 is 0. The van der Waals surface area contributed by atoms with Crippen LogP contribution in [-0.2, 0) is 0 Å². The van der Waals surface area contributed by atoms with Crippen molar-refractivity contribution in [2.45, 2.75) is 25.8 Å². The molecular weight excluding hydrogens is 297 g/mol. The molecule has 20 heavy (non-hydrogen) atoms. The van der Waals surface area contributed by atoms with E-state index in [1.54, 1.807) is 6.07 Å². The van der Waals surface area contributed by atoms with E-state index in [-0.39, 0.29) is 30.7 Å². The van der Waals surface area contributed by atoms with Crippen molar-refractivity contribution in [2.24, 2.45) is 0 Å². The van der Waals surface area contributed by atoms with E-state index in [1.807, 2.05) is 19.1 Å². The number of nitrogen functional groups attached to an aromatic ring is 1. The van der Waals surface area contributed by atoms with Crippen molar-refractivity contribution in [1.82, 2.24) is 10.2 Å². The van der Waals surface area contributed by atoms with E-state index >= 15 is 0 Å². The molecule has 1 amide bonds. The van der Waals surface area contributed by atoms with Gasteiger partial charge in [-0.1, -0.05) is 6.07 Å². The Morgan fingerprint density at radius 1 is 1.40 bits per heavy atom. The maximum Gasteiger partial charge on any atom is 0.251 e. The lowest BCUT2D eigenvalue weighted by atomic mass is 10.1. The number of nitrogens with one attached hydrogen (secondary N) is 1. The minimum Gasteiger partial charge on any atom is -0.399 e. The number of amides is 1. The van der Waals surface area contributed by atoms with Crippen LogP contribution in [0.3, 0.4) is 0 Å². The van der Waals surface area contributed by atoms with Crippen LogP contribution in [0.4, 0.5) is 5.69 Å². The Morgan fingerprint density at radius 3 is 2.65 bits per heavy atom. The number of likely N-dealkylation sites (N-methyl/N-ethyl adjacent to an activating group) is 1. The monoisotopic (exact) mass is 319 g/mol. The minimum atomic E-state index is -0.0380. The van der Waals surface area contributed by atoms with Crippen LogP contribution in [0.25, 0.3) is 0 Å². The zero-order valence-electron chi connectivity index (χ0n) is 11.9. The van der Waals surface area contributed by atoms with E-state index in [2.05, 4.69) is 17.3 Å². The van der Waals surface area contributed by atoms with Crippen LogP contribution >= 0.6 is 24.8 Å². The van der Waals surface area contributed by atoms with Crippen LogP contribution in [0.5, 0.6) is 0 Å². The molecule has 1 aliphatic rings. The minimum absolute atomic E-state index is 0. The molecule has 1 aromatic rings. The molecule has 0 unspecified atom stereocenters. The van der Waals surface area contributed by atoms with Crippen molar-refractivity contribution in [2.75, 3.05) is 25.9 Å². The van der Waals surface area contributed by atoms with Gasteiger partial charge >= 0.3 is 0 Å². The highest BCUT2D eigenvalue weighted by Crippen LogP contribution is 2.24. The summed E-state index contributed by atoms with van der Waals surface area (Å²) in [5, 5.41) is 2.94. The molecule has 0 spiro atoms. The first kappa shape index (κ1) is 19.0. The van der Waals surface area contributed by atoms with Crippen molar-refractivity contribution >= 4 is 36.4 Å². The predicted octanol–water partition coefficient (Wildman–Crippen LogP) is 2.24. The van der Waals surface area contributed by atoms with Gasteiger partial charge in [0.05, 0.1) is 0 Å². The van der Waals surface area contributed by atoms with Gasteiger partial charge in [-0.05, 0) is 44.5 Å². The molecular formula is C14H23Cl2N3O. The molecule has 3 N–H and O–H groups in total. The van der Waals surface area contributed by atoms with Gasteiger partial charge in [-0.2, -0.15) is 0 Å². The Bertz CT molecular complexity index is 450. The second kappa shape index (κ2) is 8.35. The summed E-state index contributed by atoms with van der Waals surface area (Å²) in [5.74, 6) is -0.0380. The normalized spacial score (nSPS) is 13.3. The first-order valence-corrected chi connectivity index (χ1v) is 6.42. The molecule has 114 valence electrons. The molecule has 0 aromatic heterocycles. The molecule has 0 heterocycles. The average Bonchev–Trinajstić information content (AvgIpc) is 3.16. The van der Waals surface area contributed by atoms with Gasteiger partial charge in [0.15, 0.2) is 0 Å². The first-order chi connectivity index (χ1) is 8.58. The first-order valence-electron chi connectivity index (χ1n) is 6.42. The number of rotatable bonds is 5. The molecule has 4 nitrogen and oxygen atoms in total. The Kier molecular flexibility index (Phi) is 7.94. The number of hydrogen-bond acceptors (Lipinski definition) is 3. The van der Waals surface area contributed by atoms with Crippen molar-refractivity contribution < 1.29 is 4.79 Å². The maximum atomic E-state index is 12.0. The second-order valence-electron chi connectivity index (χ2n) is 5.04. The zero-order valence-corrected chi connectivity index (χ0v) is 13.5. The van der Waals surface area contributed by atoms with Gasteiger partial charge < -0.3 is 16.0 Å². The van der Waals surface area contributed by atoms with Gasteiger partial charge in [-0.25, -0.2) is 0 Å². The number of benzene rings is 1. The molecule has 2 rings (SSSR count). The number of carbonyl (C=O) groups is 1. The summed E-state index contributed by atoms with van der Waals surface area (Å²) < 4.78 is 0. The molecule has 1 aromatic carbocycles. The van der Waals surface area contributed by atoms with Gasteiger partial charge in [0.25, 0.3) is 5.91 Å². The average molecular weight is 320 g/mol. The third-order valence-corrected chi connectivity index (χ3v) is 3.43.